The van der Waals surface area contributed by atoms with Crippen LogP contribution in [0.2, 0.25) is 0 Å². The zero-order chi connectivity index (χ0) is 13.0. The van der Waals surface area contributed by atoms with Gasteiger partial charge >= 0.3 is 0 Å². The largest absolute Gasteiger partial charge is 0.350 e. The first-order chi connectivity index (χ1) is 8.66. The second-order valence-corrected chi connectivity index (χ2v) is 4.71. The highest BCUT2D eigenvalue weighted by Gasteiger charge is 2.02. The van der Waals surface area contributed by atoms with Crippen LogP contribution in [0.15, 0.2) is 29.1 Å². The van der Waals surface area contributed by atoms with E-state index < -0.39 is 0 Å². The van der Waals surface area contributed by atoms with Crippen molar-refractivity contribution in [2.24, 2.45) is 7.05 Å². The molecule has 0 aliphatic rings. The van der Waals surface area contributed by atoms with Gasteiger partial charge in [0.1, 0.15) is 0 Å². The van der Waals surface area contributed by atoms with Gasteiger partial charge in [0.05, 0.1) is 17.7 Å². The number of amides is 1. The number of aryl methyl sites for hydroxylation is 1. The maximum Gasteiger partial charge on any atom is 0.244 e. The Morgan fingerprint density at radius 2 is 2.39 bits per heavy atom. The van der Waals surface area contributed by atoms with E-state index in [4.69, 9.17) is 0 Å². The Kier molecular flexibility index (Phi) is 3.94. The van der Waals surface area contributed by atoms with Crippen molar-refractivity contribution in [3.05, 3.63) is 46.2 Å². The molecule has 2 heterocycles. The van der Waals surface area contributed by atoms with Gasteiger partial charge in [-0.05, 0) is 25.1 Å². The number of hydrogen-bond donors (Lipinski definition) is 1. The quantitative estimate of drug-likeness (QED) is 0.857. The van der Waals surface area contributed by atoms with Gasteiger partial charge in [0.15, 0.2) is 0 Å². The summed E-state index contributed by atoms with van der Waals surface area (Å²) in [5.41, 5.74) is 4.81. The van der Waals surface area contributed by atoms with Gasteiger partial charge < -0.3 is 9.88 Å². The highest BCUT2D eigenvalue weighted by Crippen LogP contribution is 2.05. The summed E-state index contributed by atoms with van der Waals surface area (Å²) in [6.07, 6.45) is 3.22. The minimum Gasteiger partial charge on any atom is -0.350 e. The summed E-state index contributed by atoms with van der Waals surface area (Å²) in [4.78, 5) is 15.7. The molecule has 0 saturated carbocycles. The number of carbonyl (C=O) groups excluding carboxylic acids is 1. The number of thiazole rings is 1. The predicted molar refractivity (Wildman–Crippen MR) is 73.1 cm³/mol. The lowest BCUT2D eigenvalue weighted by Gasteiger charge is -2.05. The fourth-order valence-corrected chi connectivity index (χ4v) is 2.07. The number of rotatable bonds is 4. The summed E-state index contributed by atoms with van der Waals surface area (Å²) in [6.45, 7) is 2.57. The molecule has 0 bridgehead atoms. The first kappa shape index (κ1) is 12.6. The number of nitrogens with zero attached hydrogens (tertiary/aromatic N) is 2. The van der Waals surface area contributed by atoms with Crippen LogP contribution in [0.4, 0.5) is 0 Å². The van der Waals surface area contributed by atoms with Gasteiger partial charge in [0.2, 0.25) is 5.91 Å². The highest BCUT2D eigenvalue weighted by atomic mass is 32.1. The first-order valence-electron chi connectivity index (χ1n) is 5.62. The molecular formula is C13H15N3OS. The summed E-state index contributed by atoms with van der Waals surface area (Å²) in [6, 6.07) is 4.05. The third-order valence-electron chi connectivity index (χ3n) is 2.78. The molecule has 0 aliphatic carbocycles. The summed E-state index contributed by atoms with van der Waals surface area (Å²) in [5, 5.41) is 4.74. The molecule has 0 fully saturated rings. The van der Waals surface area contributed by atoms with Gasteiger partial charge in [-0.25, -0.2) is 4.98 Å². The van der Waals surface area contributed by atoms with E-state index in [1.54, 1.807) is 11.6 Å². The Hall–Kier alpha value is -1.88. The van der Waals surface area contributed by atoms with Crippen LogP contribution in [-0.2, 0) is 18.4 Å². The fraction of sp³-hybridized carbons (Fsp3) is 0.231. The Bertz CT molecular complexity index is 555. The standard InChI is InChI=1S/C13H15N3OS/c1-10-3-5-12(16(10)2)7-14-13(17)6-4-11-8-18-9-15-11/h3-6,8-9H,7H2,1-2H3,(H,14,17)/b6-4-. The van der Waals surface area contributed by atoms with Crippen LogP contribution in [0.25, 0.3) is 6.08 Å². The van der Waals surface area contributed by atoms with Crippen LogP contribution < -0.4 is 5.32 Å². The molecule has 2 rings (SSSR count). The SMILES string of the molecule is Cc1ccc(CNC(=O)/C=C\c2cscn2)n1C. The molecule has 0 atom stereocenters. The van der Waals surface area contributed by atoms with Gasteiger partial charge in [-0.1, -0.05) is 0 Å². The molecule has 1 amide bonds. The van der Waals surface area contributed by atoms with E-state index in [0.29, 0.717) is 6.54 Å². The molecule has 0 unspecified atom stereocenters. The van der Waals surface area contributed by atoms with Crippen molar-refractivity contribution in [1.82, 2.24) is 14.9 Å². The van der Waals surface area contributed by atoms with Crippen molar-refractivity contribution in [3.63, 3.8) is 0 Å². The van der Waals surface area contributed by atoms with E-state index in [9.17, 15) is 4.79 Å². The van der Waals surface area contributed by atoms with E-state index in [0.717, 1.165) is 11.4 Å². The van der Waals surface area contributed by atoms with Crippen molar-refractivity contribution in [2.75, 3.05) is 0 Å². The number of nitrogens with one attached hydrogen (secondary N) is 1. The van der Waals surface area contributed by atoms with E-state index in [1.807, 2.05) is 31.5 Å². The third kappa shape index (κ3) is 3.07. The van der Waals surface area contributed by atoms with Gasteiger partial charge in [0.25, 0.3) is 0 Å². The van der Waals surface area contributed by atoms with Crippen LogP contribution in [0.1, 0.15) is 17.1 Å². The molecule has 5 heteroatoms. The Morgan fingerprint density at radius 3 is 3.00 bits per heavy atom. The van der Waals surface area contributed by atoms with Gasteiger partial charge in [-0.15, -0.1) is 11.3 Å². The highest BCUT2D eigenvalue weighted by molar-refractivity contribution is 7.07. The third-order valence-corrected chi connectivity index (χ3v) is 3.38. The molecule has 0 radical (unpaired) electrons. The van der Waals surface area contributed by atoms with Gasteiger partial charge in [-0.3, -0.25) is 4.79 Å². The molecule has 0 spiro atoms. The zero-order valence-corrected chi connectivity index (χ0v) is 11.2. The van der Waals surface area contributed by atoms with Crippen LogP contribution in [0, 0.1) is 6.92 Å². The van der Waals surface area contributed by atoms with Crippen LogP contribution >= 0.6 is 11.3 Å². The van der Waals surface area contributed by atoms with Crippen molar-refractivity contribution in [3.8, 4) is 0 Å². The number of hydrogen-bond acceptors (Lipinski definition) is 3. The summed E-state index contributed by atoms with van der Waals surface area (Å²) in [7, 11) is 1.99. The molecule has 1 N–H and O–H groups in total. The van der Waals surface area contributed by atoms with Crippen molar-refractivity contribution < 1.29 is 4.79 Å². The molecule has 0 saturated heterocycles. The van der Waals surface area contributed by atoms with Crippen molar-refractivity contribution >= 4 is 23.3 Å². The van der Waals surface area contributed by atoms with Crippen LogP contribution in [0.3, 0.4) is 0 Å². The average Bonchev–Trinajstić information content (AvgIpc) is 2.97. The van der Waals surface area contributed by atoms with E-state index in [2.05, 4.69) is 14.9 Å². The lowest BCUT2D eigenvalue weighted by atomic mass is 10.3. The van der Waals surface area contributed by atoms with E-state index in [-0.39, 0.29) is 5.91 Å². The topological polar surface area (TPSA) is 46.9 Å². The number of aromatic nitrogens is 2. The summed E-state index contributed by atoms with van der Waals surface area (Å²) < 4.78 is 2.06. The van der Waals surface area contributed by atoms with Gasteiger partial charge in [0, 0.05) is 29.9 Å². The monoisotopic (exact) mass is 261 g/mol. The normalized spacial score (nSPS) is 11.0. The van der Waals surface area contributed by atoms with Crippen LogP contribution in [-0.4, -0.2) is 15.5 Å². The predicted octanol–water partition coefficient (Wildman–Crippen LogP) is 2.12. The minimum absolute atomic E-state index is 0.109. The Labute approximate surface area is 110 Å². The van der Waals surface area contributed by atoms with E-state index in [1.165, 1.54) is 23.1 Å². The average molecular weight is 261 g/mol. The molecule has 2 aromatic rings. The first-order valence-corrected chi connectivity index (χ1v) is 6.56. The molecule has 0 aliphatic heterocycles. The van der Waals surface area contributed by atoms with Crippen molar-refractivity contribution in [1.29, 1.82) is 0 Å². The molecule has 4 nitrogen and oxygen atoms in total. The molecule has 18 heavy (non-hydrogen) atoms. The maximum atomic E-state index is 11.6. The second kappa shape index (κ2) is 5.64. The summed E-state index contributed by atoms with van der Waals surface area (Å²) >= 11 is 1.51. The Balaban J connectivity index is 1.87. The Morgan fingerprint density at radius 1 is 1.56 bits per heavy atom. The molecular weight excluding hydrogens is 246 g/mol. The second-order valence-electron chi connectivity index (χ2n) is 3.99. The zero-order valence-electron chi connectivity index (χ0n) is 10.4. The van der Waals surface area contributed by atoms with Gasteiger partial charge in [-0.2, -0.15) is 0 Å². The molecule has 0 aromatic carbocycles. The van der Waals surface area contributed by atoms with Crippen molar-refractivity contribution in [2.45, 2.75) is 13.5 Å². The lowest BCUT2D eigenvalue weighted by molar-refractivity contribution is -0.116. The van der Waals surface area contributed by atoms with Crippen LogP contribution in [0.5, 0.6) is 0 Å². The fourth-order valence-electron chi connectivity index (χ4n) is 1.55. The lowest BCUT2D eigenvalue weighted by Crippen LogP contribution is -2.21. The smallest absolute Gasteiger partial charge is 0.244 e. The number of carbonyl (C=O) groups is 1. The molecule has 2 aromatic heterocycles. The molecule has 94 valence electrons. The minimum atomic E-state index is -0.109. The summed E-state index contributed by atoms with van der Waals surface area (Å²) in [5.74, 6) is -0.109. The maximum absolute atomic E-state index is 11.6. The van der Waals surface area contributed by atoms with E-state index >= 15 is 0 Å².